The number of ether oxygens (including phenoxy) is 1. The van der Waals surface area contributed by atoms with E-state index in [0.717, 1.165) is 20.4 Å². The number of aromatic nitrogens is 2. The molecule has 152 valence electrons. The fourth-order valence-electron chi connectivity index (χ4n) is 2.99. The highest BCUT2D eigenvalue weighted by Gasteiger charge is 2.25. The van der Waals surface area contributed by atoms with Crippen molar-refractivity contribution in [3.05, 3.63) is 81.5 Å². The molecule has 2 aromatic carbocycles. The van der Waals surface area contributed by atoms with Gasteiger partial charge < -0.3 is 4.74 Å². The highest BCUT2D eigenvalue weighted by Crippen LogP contribution is 2.36. The summed E-state index contributed by atoms with van der Waals surface area (Å²) in [6.07, 6.45) is 1.70. The maximum Gasteiger partial charge on any atom is 0.261 e. The Bertz CT molecular complexity index is 1200. The first-order valence-electron chi connectivity index (χ1n) is 9.26. The molecule has 0 atom stereocenters. The lowest BCUT2D eigenvalue weighted by molar-refractivity contribution is 0.0985. The van der Waals surface area contributed by atoms with Gasteiger partial charge in [0.05, 0.1) is 34.1 Å². The Kier molecular flexibility index (Phi) is 6.32. The zero-order valence-electron chi connectivity index (χ0n) is 16.0. The molecule has 0 spiro atoms. The van der Waals surface area contributed by atoms with Gasteiger partial charge in [0, 0.05) is 10.7 Å². The van der Waals surface area contributed by atoms with Crippen LogP contribution in [-0.2, 0) is 6.54 Å². The molecule has 0 aliphatic rings. The number of carbonyl (C=O) groups is 1. The van der Waals surface area contributed by atoms with Crippen LogP contribution in [0.15, 0.2) is 65.3 Å². The minimum atomic E-state index is -0.246. The van der Waals surface area contributed by atoms with E-state index in [4.69, 9.17) is 21.3 Å². The normalized spacial score (nSPS) is 10.9. The summed E-state index contributed by atoms with van der Waals surface area (Å²) in [4.78, 5) is 24.3. The molecule has 4 aromatic rings. The molecule has 0 fully saturated rings. The number of fused-ring (bicyclic) bond motifs is 1. The summed E-state index contributed by atoms with van der Waals surface area (Å²) in [5.41, 5.74) is 1.88. The van der Waals surface area contributed by atoms with Gasteiger partial charge in [-0.25, -0.2) is 4.98 Å². The largest absolute Gasteiger partial charge is 0.492 e. The van der Waals surface area contributed by atoms with Gasteiger partial charge in [-0.3, -0.25) is 14.7 Å². The first-order chi connectivity index (χ1) is 14.6. The van der Waals surface area contributed by atoms with Crippen LogP contribution < -0.4 is 9.64 Å². The lowest BCUT2D eigenvalue weighted by Gasteiger charge is -2.20. The lowest BCUT2D eigenvalue weighted by atomic mass is 10.2. The van der Waals surface area contributed by atoms with Crippen molar-refractivity contribution in [1.82, 2.24) is 9.97 Å². The zero-order chi connectivity index (χ0) is 21.1. The van der Waals surface area contributed by atoms with Crippen molar-refractivity contribution in [2.75, 3.05) is 11.5 Å². The van der Waals surface area contributed by atoms with Gasteiger partial charge in [-0.15, -0.1) is 0 Å². The van der Waals surface area contributed by atoms with Gasteiger partial charge >= 0.3 is 0 Å². The van der Waals surface area contributed by atoms with Crippen LogP contribution in [0.4, 0.5) is 5.13 Å². The van der Waals surface area contributed by atoms with Crippen LogP contribution in [0.5, 0.6) is 5.75 Å². The Hall–Kier alpha value is -2.48. The molecule has 0 saturated carbocycles. The minimum Gasteiger partial charge on any atom is -0.492 e. The van der Waals surface area contributed by atoms with Crippen molar-refractivity contribution in [2.24, 2.45) is 0 Å². The molecule has 1 amide bonds. The summed E-state index contributed by atoms with van der Waals surface area (Å²) in [6, 6.07) is 16.6. The molecule has 0 bridgehead atoms. The molecule has 30 heavy (non-hydrogen) atoms. The highest BCUT2D eigenvalue weighted by molar-refractivity contribution is 9.10. The van der Waals surface area contributed by atoms with Gasteiger partial charge in [0.2, 0.25) is 0 Å². The van der Waals surface area contributed by atoms with E-state index >= 15 is 0 Å². The van der Waals surface area contributed by atoms with Crippen molar-refractivity contribution < 1.29 is 9.53 Å². The molecule has 0 saturated heterocycles. The monoisotopic (exact) mass is 501 g/mol. The first-order valence-corrected chi connectivity index (χ1v) is 11.2. The number of rotatable bonds is 6. The fraction of sp³-hybridized carbons (Fsp3) is 0.136. The van der Waals surface area contributed by atoms with Gasteiger partial charge in [0.25, 0.3) is 5.91 Å². The number of benzene rings is 2. The van der Waals surface area contributed by atoms with Crippen LogP contribution >= 0.6 is 38.9 Å². The minimum absolute atomic E-state index is 0.246. The second-order valence-electron chi connectivity index (χ2n) is 6.37. The molecule has 2 heterocycles. The highest BCUT2D eigenvalue weighted by atomic mass is 79.9. The number of pyridine rings is 1. The third kappa shape index (κ3) is 4.33. The quantitative estimate of drug-likeness (QED) is 0.308. The second kappa shape index (κ2) is 9.12. The van der Waals surface area contributed by atoms with Crippen LogP contribution in [-0.4, -0.2) is 22.5 Å². The van der Waals surface area contributed by atoms with E-state index in [1.165, 1.54) is 11.3 Å². The Labute approximate surface area is 191 Å². The van der Waals surface area contributed by atoms with Crippen molar-refractivity contribution in [3.8, 4) is 5.75 Å². The molecule has 0 aliphatic heterocycles. The van der Waals surface area contributed by atoms with Crippen LogP contribution in [0, 0.1) is 0 Å². The summed E-state index contributed by atoms with van der Waals surface area (Å²) in [5, 5.41) is 0.939. The van der Waals surface area contributed by atoms with Crippen molar-refractivity contribution in [2.45, 2.75) is 13.5 Å². The number of para-hydroxylation sites is 1. The molecule has 2 aromatic heterocycles. The summed E-state index contributed by atoms with van der Waals surface area (Å²) >= 11 is 11.2. The zero-order valence-corrected chi connectivity index (χ0v) is 19.2. The number of hydrogen-bond acceptors (Lipinski definition) is 5. The van der Waals surface area contributed by atoms with Crippen LogP contribution in [0.3, 0.4) is 0 Å². The van der Waals surface area contributed by atoms with Crippen molar-refractivity contribution in [3.63, 3.8) is 0 Å². The molecular weight excluding hydrogens is 486 g/mol. The maximum atomic E-state index is 13.5. The Balaban J connectivity index is 1.81. The summed E-state index contributed by atoms with van der Waals surface area (Å²) in [5.74, 6) is 0.451. The number of nitrogens with zero attached hydrogens (tertiary/aromatic N) is 3. The third-order valence-electron chi connectivity index (χ3n) is 4.35. The number of halogens is 2. The molecule has 0 unspecified atom stereocenters. The molecule has 4 rings (SSSR count). The van der Waals surface area contributed by atoms with E-state index < -0.39 is 0 Å². The average Bonchev–Trinajstić information content (AvgIpc) is 3.19. The number of amides is 1. The molecule has 5 nitrogen and oxygen atoms in total. The summed E-state index contributed by atoms with van der Waals surface area (Å²) < 4.78 is 7.43. The Morgan fingerprint density at radius 1 is 1.20 bits per heavy atom. The molecule has 0 aliphatic carbocycles. The van der Waals surface area contributed by atoms with E-state index in [2.05, 4.69) is 20.9 Å². The van der Waals surface area contributed by atoms with E-state index in [1.807, 2.05) is 43.3 Å². The molecule has 0 N–H and O–H groups in total. The average molecular weight is 503 g/mol. The van der Waals surface area contributed by atoms with Gasteiger partial charge in [0.1, 0.15) is 11.3 Å². The van der Waals surface area contributed by atoms with Gasteiger partial charge in [0.15, 0.2) is 5.13 Å². The summed E-state index contributed by atoms with van der Waals surface area (Å²) in [7, 11) is 0. The second-order valence-corrected chi connectivity index (χ2v) is 8.70. The SMILES string of the molecule is CCOc1cccc2sc(N(Cc3ccccn3)C(=O)c3cc(Br)ccc3Cl)nc12. The van der Waals surface area contributed by atoms with Crippen molar-refractivity contribution in [1.29, 1.82) is 0 Å². The van der Waals surface area contributed by atoms with Gasteiger partial charge in [-0.2, -0.15) is 0 Å². The van der Waals surface area contributed by atoms with Crippen molar-refractivity contribution >= 4 is 60.1 Å². The lowest BCUT2D eigenvalue weighted by Crippen LogP contribution is -2.31. The Morgan fingerprint density at radius 3 is 2.83 bits per heavy atom. The van der Waals surface area contributed by atoms with E-state index in [-0.39, 0.29) is 12.5 Å². The first kappa shape index (κ1) is 20.8. The van der Waals surface area contributed by atoms with E-state index in [0.29, 0.717) is 28.1 Å². The predicted octanol–water partition coefficient (Wildman–Crippen LogP) is 6.35. The van der Waals surface area contributed by atoms with Gasteiger partial charge in [-0.1, -0.05) is 51.0 Å². The fourth-order valence-corrected chi connectivity index (χ4v) is 4.53. The number of hydrogen-bond donors (Lipinski definition) is 0. The topological polar surface area (TPSA) is 55.3 Å². The predicted molar refractivity (Wildman–Crippen MR) is 125 cm³/mol. The summed E-state index contributed by atoms with van der Waals surface area (Å²) in [6.45, 7) is 2.74. The van der Waals surface area contributed by atoms with Crippen LogP contribution in [0.2, 0.25) is 5.02 Å². The number of thiazole rings is 1. The maximum absolute atomic E-state index is 13.5. The molecule has 0 radical (unpaired) electrons. The number of carbonyl (C=O) groups excluding carboxylic acids is 1. The smallest absolute Gasteiger partial charge is 0.261 e. The van der Waals surface area contributed by atoms with Gasteiger partial charge in [-0.05, 0) is 49.4 Å². The molecule has 8 heteroatoms. The molecular formula is C22H17BrClN3O2S. The number of anilines is 1. The standard InChI is InChI=1S/C22H17BrClN3O2S/c1-2-29-18-7-5-8-19-20(18)26-22(30-19)27(13-15-6-3-4-11-25-15)21(28)16-12-14(23)9-10-17(16)24/h3-12H,2,13H2,1H3. The van der Waals surface area contributed by atoms with E-state index in [9.17, 15) is 4.79 Å². The van der Waals surface area contributed by atoms with Crippen LogP contribution in [0.1, 0.15) is 23.0 Å². The third-order valence-corrected chi connectivity index (χ3v) is 6.22. The Morgan fingerprint density at radius 2 is 2.07 bits per heavy atom. The van der Waals surface area contributed by atoms with Crippen LogP contribution in [0.25, 0.3) is 10.2 Å². The van der Waals surface area contributed by atoms with E-state index in [1.54, 1.807) is 29.3 Å².